The van der Waals surface area contributed by atoms with Crippen molar-refractivity contribution in [2.24, 2.45) is 0 Å². The van der Waals surface area contributed by atoms with E-state index in [1.165, 1.54) is 28.5 Å². The molecule has 0 aliphatic carbocycles. The van der Waals surface area contributed by atoms with Crippen molar-refractivity contribution < 1.29 is 4.79 Å². The Morgan fingerprint density at radius 1 is 0.971 bits per heavy atom. The van der Waals surface area contributed by atoms with Gasteiger partial charge in [0.05, 0.1) is 16.6 Å². The highest BCUT2D eigenvalue weighted by Crippen LogP contribution is 2.36. The van der Waals surface area contributed by atoms with Gasteiger partial charge in [-0.15, -0.1) is 0 Å². The van der Waals surface area contributed by atoms with Crippen LogP contribution >= 0.6 is 11.8 Å². The zero-order valence-corrected chi connectivity index (χ0v) is 20.7. The smallest absolute Gasteiger partial charge is 0.240 e. The number of aromatic amines is 1. The van der Waals surface area contributed by atoms with Crippen LogP contribution in [0.15, 0.2) is 78.0 Å². The molecule has 1 aliphatic heterocycles. The summed E-state index contributed by atoms with van der Waals surface area (Å²) >= 11 is 1.53. The lowest BCUT2D eigenvalue weighted by atomic mass is 10.0. The minimum atomic E-state index is -0.200. The second-order valence-electron chi connectivity index (χ2n) is 8.88. The number of imidazole rings is 1. The number of carbonyl (C=O) groups is 1. The van der Waals surface area contributed by atoms with Crippen molar-refractivity contribution >= 4 is 23.4 Å². The first-order valence-corrected chi connectivity index (χ1v) is 12.7. The molecular weight excluding hydrogens is 438 g/mol. The normalized spacial score (nSPS) is 13.7. The number of hydrogen-bond donors (Lipinski definition) is 1. The molecule has 4 aromatic rings. The van der Waals surface area contributed by atoms with E-state index in [1.807, 2.05) is 17.0 Å². The van der Waals surface area contributed by atoms with Crippen LogP contribution in [0.25, 0.3) is 22.5 Å². The molecule has 0 radical (unpaired) electrons. The van der Waals surface area contributed by atoms with Gasteiger partial charge in [0.25, 0.3) is 0 Å². The highest BCUT2D eigenvalue weighted by Gasteiger charge is 2.30. The van der Waals surface area contributed by atoms with E-state index in [0.29, 0.717) is 0 Å². The first-order chi connectivity index (χ1) is 16.5. The van der Waals surface area contributed by atoms with Gasteiger partial charge in [-0.25, -0.2) is 4.98 Å². The topological polar surface area (TPSA) is 49.0 Å². The number of anilines is 1. The van der Waals surface area contributed by atoms with Gasteiger partial charge in [0.1, 0.15) is 0 Å². The van der Waals surface area contributed by atoms with Crippen LogP contribution in [-0.4, -0.2) is 27.7 Å². The van der Waals surface area contributed by atoms with Crippen LogP contribution in [0.5, 0.6) is 0 Å². The Kier molecular flexibility index (Phi) is 6.29. The number of aromatic nitrogens is 2. The molecule has 1 N–H and O–H groups in total. The van der Waals surface area contributed by atoms with Gasteiger partial charge in [0, 0.05) is 23.4 Å². The number of hydrogen-bond acceptors (Lipinski definition) is 3. The van der Waals surface area contributed by atoms with Crippen LogP contribution in [0.1, 0.15) is 30.0 Å². The monoisotopic (exact) mass is 467 g/mol. The van der Waals surface area contributed by atoms with E-state index in [2.05, 4.69) is 86.4 Å². The maximum atomic E-state index is 13.5. The highest BCUT2D eigenvalue weighted by molar-refractivity contribution is 8.00. The van der Waals surface area contributed by atoms with E-state index in [-0.39, 0.29) is 11.2 Å². The first kappa shape index (κ1) is 22.5. The molecule has 4 nitrogen and oxygen atoms in total. The molecule has 0 spiro atoms. The van der Waals surface area contributed by atoms with Gasteiger partial charge in [0.15, 0.2) is 5.16 Å². The summed E-state index contributed by atoms with van der Waals surface area (Å²) in [6.07, 6.45) is 1.65. The summed E-state index contributed by atoms with van der Waals surface area (Å²) in [5, 5.41) is 0.577. The van der Waals surface area contributed by atoms with Crippen molar-refractivity contribution in [3.63, 3.8) is 0 Å². The van der Waals surface area contributed by atoms with E-state index >= 15 is 0 Å². The summed E-state index contributed by atoms with van der Waals surface area (Å²) in [6.45, 7) is 7.00. The molecule has 0 saturated carbocycles. The lowest BCUT2D eigenvalue weighted by Crippen LogP contribution is -2.36. The van der Waals surface area contributed by atoms with Gasteiger partial charge in [-0.2, -0.15) is 0 Å². The fourth-order valence-corrected chi connectivity index (χ4v) is 5.41. The third-order valence-electron chi connectivity index (χ3n) is 6.40. The van der Waals surface area contributed by atoms with E-state index in [4.69, 9.17) is 4.98 Å². The molecule has 34 heavy (non-hydrogen) atoms. The molecule has 1 aromatic heterocycles. The van der Waals surface area contributed by atoms with E-state index in [1.54, 1.807) is 0 Å². The summed E-state index contributed by atoms with van der Waals surface area (Å²) < 4.78 is 0. The number of benzene rings is 3. The highest BCUT2D eigenvalue weighted by atomic mass is 32.2. The maximum absolute atomic E-state index is 13.5. The third kappa shape index (κ3) is 4.40. The fourth-order valence-electron chi connectivity index (χ4n) is 4.44. The minimum Gasteiger partial charge on any atom is -0.332 e. The van der Waals surface area contributed by atoms with Crippen LogP contribution in [0.2, 0.25) is 0 Å². The largest absolute Gasteiger partial charge is 0.332 e. The molecule has 2 heterocycles. The van der Waals surface area contributed by atoms with Crippen LogP contribution < -0.4 is 4.90 Å². The van der Waals surface area contributed by atoms with Crippen molar-refractivity contribution in [2.45, 2.75) is 44.0 Å². The van der Waals surface area contributed by atoms with Crippen LogP contribution in [-0.2, 0) is 11.2 Å². The Morgan fingerprint density at radius 2 is 1.62 bits per heavy atom. The number of carbonyl (C=O) groups excluding carboxylic acids is 1. The summed E-state index contributed by atoms with van der Waals surface area (Å²) in [5.74, 6) is 0.155. The molecule has 5 rings (SSSR count). The van der Waals surface area contributed by atoms with Crippen molar-refractivity contribution in [1.82, 2.24) is 9.97 Å². The lowest BCUT2D eigenvalue weighted by Gasteiger charge is -2.22. The molecule has 5 heteroatoms. The van der Waals surface area contributed by atoms with Gasteiger partial charge in [0.2, 0.25) is 5.91 Å². The molecule has 0 saturated heterocycles. The quantitative estimate of drug-likeness (QED) is 0.317. The number of thioether (sulfide) groups is 1. The van der Waals surface area contributed by atoms with Crippen molar-refractivity contribution in [2.75, 3.05) is 11.4 Å². The van der Waals surface area contributed by atoms with Gasteiger partial charge in [-0.05, 0) is 38.3 Å². The Morgan fingerprint density at radius 3 is 2.29 bits per heavy atom. The number of rotatable bonds is 6. The molecular formula is C29H29N3OS. The SMILES string of the molecule is CCC(Sc1nc(-c2ccc(C)cc2)c(-c2ccc(C)cc2)[nH]1)C(=O)N1CCc2ccccc21. The summed E-state index contributed by atoms with van der Waals surface area (Å²) in [5.41, 5.74) is 8.79. The molecule has 1 aliphatic rings. The molecule has 0 fully saturated rings. The van der Waals surface area contributed by atoms with Crippen LogP contribution in [0, 0.1) is 13.8 Å². The number of fused-ring (bicyclic) bond motifs is 1. The van der Waals surface area contributed by atoms with Crippen LogP contribution in [0.4, 0.5) is 5.69 Å². The maximum Gasteiger partial charge on any atom is 0.240 e. The number of nitrogens with zero attached hydrogens (tertiary/aromatic N) is 2. The minimum absolute atomic E-state index is 0.155. The third-order valence-corrected chi connectivity index (χ3v) is 7.64. The van der Waals surface area contributed by atoms with Gasteiger partial charge < -0.3 is 9.88 Å². The van der Waals surface area contributed by atoms with Crippen molar-refractivity contribution in [3.8, 4) is 22.5 Å². The predicted molar refractivity (Wildman–Crippen MR) is 141 cm³/mol. The number of aryl methyl sites for hydroxylation is 2. The fraction of sp³-hybridized carbons (Fsp3) is 0.241. The Bertz CT molecular complexity index is 1250. The Labute approximate surface area is 205 Å². The summed E-state index contributed by atoms with van der Waals surface area (Å²) in [6, 6.07) is 25.1. The molecule has 3 aromatic carbocycles. The van der Waals surface area contributed by atoms with Crippen LogP contribution in [0.3, 0.4) is 0 Å². The molecule has 1 amide bonds. The molecule has 1 atom stereocenters. The van der Waals surface area contributed by atoms with Crippen molar-refractivity contribution in [3.05, 3.63) is 89.5 Å². The van der Waals surface area contributed by atoms with Gasteiger partial charge in [-0.3, -0.25) is 4.79 Å². The van der Waals surface area contributed by atoms with Gasteiger partial charge >= 0.3 is 0 Å². The zero-order valence-electron chi connectivity index (χ0n) is 19.8. The van der Waals surface area contributed by atoms with E-state index < -0.39 is 0 Å². The number of H-pyrrole nitrogens is 1. The first-order valence-electron chi connectivity index (χ1n) is 11.8. The standard InChI is InChI=1S/C29H29N3OS/c1-4-25(28(33)32-18-17-21-7-5-6-8-24(21)32)34-29-30-26(22-13-9-19(2)10-14-22)27(31-29)23-15-11-20(3)12-16-23/h5-16,25H,4,17-18H2,1-3H3,(H,30,31). The molecule has 0 bridgehead atoms. The summed E-state index contributed by atoms with van der Waals surface area (Å²) in [4.78, 5) is 24.0. The average Bonchev–Trinajstić information content (AvgIpc) is 3.48. The van der Waals surface area contributed by atoms with Crippen molar-refractivity contribution in [1.29, 1.82) is 0 Å². The second kappa shape index (κ2) is 9.51. The predicted octanol–water partition coefficient (Wildman–Crippen LogP) is 6.82. The van der Waals surface area contributed by atoms with Gasteiger partial charge in [-0.1, -0.05) is 96.5 Å². The number of amides is 1. The number of nitrogens with one attached hydrogen (secondary N) is 1. The molecule has 1 unspecified atom stereocenters. The zero-order chi connectivity index (χ0) is 23.7. The van der Waals surface area contributed by atoms with E-state index in [9.17, 15) is 4.79 Å². The molecule has 172 valence electrons. The average molecular weight is 468 g/mol. The Balaban J connectivity index is 1.47. The second-order valence-corrected chi connectivity index (χ2v) is 10.1. The number of para-hydroxylation sites is 1. The lowest BCUT2D eigenvalue weighted by molar-refractivity contribution is -0.118. The summed E-state index contributed by atoms with van der Waals surface area (Å²) in [7, 11) is 0. The Hall–Kier alpha value is -3.31. The van der Waals surface area contributed by atoms with E-state index in [0.717, 1.165) is 52.7 Å².